The highest BCUT2D eigenvalue weighted by Crippen LogP contribution is 2.34. The maximum atomic E-state index is 13.5. The van der Waals surface area contributed by atoms with Crippen molar-refractivity contribution < 1.29 is 14.3 Å². The lowest BCUT2D eigenvalue weighted by Gasteiger charge is -2.38. The minimum Gasteiger partial charge on any atom is -0.381 e. The predicted molar refractivity (Wildman–Crippen MR) is 138 cm³/mol. The maximum Gasteiger partial charge on any atom is 0.259 e. The molecular formula is C29H37N3O4. The van der Waals surface area contributed by atoms with Gasteiger partial charge in [0.2, 0.25) is 5.43 Å². The first-order chi connectivity index (χ1) is 17.6. The number of hydrogen-bond donors (Lipinski definition) is 1. The number of nitrogens with zero attached hydrogens (tertiary/aromatic N) is 2. The van der Waals surface area contributed by atoms with Crippen molar-refractivity contribution in [2.75, 3.05) is 32.8 Å². The number of carbonyl (C=O) groups excluding carboxylic acids is 2. The molecule has 0 unspecified atom stereocenters. The molecule has 0 spiro atoms. The summed E-state index contributed by atoms with van der Waals surface area (Å²) in [6, 6.07) is 10.4. The van der Waals surface area contributed by atoms with Crippen LogP contribution in [0.25, 0.3) is 0 Å². The molecule has 3 fully saturated rings. The zero-order chi connectivity index (χ0) is 25.0. The second-order valence-electron chi connectivity index (χ2n) is 10.6. The van der Waals surface area contributed by atoms with Crippen LogP contribution in [-0.4, -0.2) is 54.1 Å². The zero-order valence-corrected chi connectivity index (χ0v) is 21.0. The van der Waals surface area contributed by atoms with Crippen LogP contribution in [-0.2, 0) is 10.2 Å². The number of nitrogens with one attached hydrogen (secondary N) is 1. The molecule has 192 valence electrons. The van der Waals surface area contributed by atoms with Gasteiger partial charge in [0.25, 0.3) is 11.8 Å². The number of aromatic nitrogens is 1. The van der Waals surface area contributed by atoms with Crippen LogP contribution in [0.3, 0.4) is 0 Å². The van der Waals surface area contributed by atoms with E-state index in [-0.39, 0.29) is 28.5 Å². The van der Waals surface area contributed by atoms with Crippen molar-refractivity contribution >= 4 is 11.8 Å². The molecule has 3 aliphatic rings. The van der Waals surface area contributed by atoms with Crippen LogP contribution in [0.15, 0.2) is 47.5 Å². The van der Waals surface area contributed by atoms with Gasteiger partial charge in [-0.2, -0.15) is 0 Å². The molecule has 36 heavy (non-hydrogen) atoms. The van der Waals surface area contributed by atoms with Crippen LogP contribution in [0.5, 0.6) is 0 Å². The van der Waals surface area contributed by atoms with Crippen LogP contribution >= 0.6 is 0 Å². The number of amides is 2. The van der Waals surface area contributed by atoms with Crippen LogP contribution in [0.4, 0.5) is 0 Å². The Balaban J connectivity index is 1.43. The van der Waals surface area contributed by atoms with Gasteiger partial charge in [-0.3, -0.25) is 14.4 Å². The van der Waals surface area contributed by atoms with E-state index in [0.29, 0.717) is 32.8 Å². The van der Waals surface area contributed by atoms with Gasteiger partial charge in [0, 0.05) is 56.7 Å². The number of hydrogen-bond acceptors (Lipinski definition) is 4. The Kier molecular flexibility index (Phi) is 7.56. The summed E-state index contributed by atoms with van der Waals surface area (Å²) in [6.07, 6.45) is 12.2. The lowest BCUT2D eigenvalue weighted by atomic mass is 9.74. The van der Waals surface area contributed by atoms with Gasteiger partial charge in [-0.05, 0) is 50.5 Å². The molecule has 0 atom stereocenters. The lowest BCUT2D eigenvalue weighted by Crippen LogP contribution is -2.46. The summed E-state index contributed by atoms with van der Waals surface area (Å²) in [6.45, 7) is 3.03. The number of piperidine rings is 1. The van der Waals surface area contributed by atoms with Gasteiger partial charge in [0.1, 0.15) is 11.1 Å². The fourth-order valence-electron chi connectivity index (χ4n) is 6.06. The SMILES string of the molecule is O=C(NCC1(c2ccccc2)CCOCC1)c1cn(C2CCCC2)cc(C(=O)N2CCCCC2)c1=O. The van der Waals surface area contributed by atoms with Crippen molar-refractivity contribution in [3.8, 4) is 0 Å². The quantitative estimate of drug-likeness (QED) is 0.661. The highest BCUT2D eigenvalue weighted by atomic mass is 16.5. The number of ether oxygens (including phenoxy) is 1. The third-order valence-corrected chi connectivity index (χ3v) is 8.33. The summed E-state index contributed by atoms with van der Waals surface area (Å²) in [5.41, 5.74) is 0.672. The Bertz CT molecular complexity index is 1120. The minimum absolute atomic E-state index is 0.0695. The maximum absolute atomic E-state index is 13.5. The first-order valence-corrected chi connectivity index (χ1v) is 13.5. The Hall–Kier alpha value is -2.93. The molecule has 2 saturated heterocycles. The molecule has 1 N–H and O–H groups in total. The Labute approximate surface area is 212 Å². The summed E-state index contributed by atoms with van der Waals surface area (Å²) < 4.78 is 7.58. The fraction of sp³-hybridized carbons (Fsp3) is 0.552. The summed E-state index contributed by atoms with van der Waals surface area (Å²) in [5.74, 6) is -0.645. The molecule has 7 nitrogen and oxygen atoms in total. The second kappa shape index (κ2) is 11.0. The molecule has 1 aromatic heterocycles. The van der Waals surface area contributed by atoms with Crippen LogP contribution < -0.4 is 10.7 Å². The van der Waals surface area contributed by atoms with Crippen LogP contribution in [0.2, 0.25) is 0 Å². The third-order valence-electron chi connectivity index (χ3n) is 8.33. The van der Waals surface area contributed by atoms with Gasteiger partial charge in [-0.1, -0.05) is 43.2 Å². The fourth-order valence-corrected chi connectivity index (χ4v) is 6.06. The highest BCUT2D eigenvalue weighted by molar-refractivity contribution is 5.99. The average molecular weight is 492 g/mol. The normalized spacial score (nSPS) is 20.3. The van der Waals surface area contributed by atoms with Crippen molar-refractivity contribution in [3.05, 3.63) is 69.6 Å². The summed E-state index contributed by atoms with van der Waals surface area (Å²) >= 11 is 0. The molecule has 1 saturated carbocycles. The highest BCUT2D eigenvalue weighted by Gasteiger charge is 2.35. The molecular weight excluding hydrogens is 454 g/mol. The van der Waals surface area contributed by atoms with Crippen molar-refractivity contribution in [1.29, 1.82) is 0 Å². The van der Waals surface area contributed by atoms with Gasteiger partial charge < -0.3 is 19.5 Å². The zero-order valence-electron chi connectivity index (χ0n) is 21.0. The van der Waals surface area contributed by atoms with E-state index in [1.807, 2.05) is 22.8 Å². The van der Waals surface area contributed by atoms with Crippen molar-refractivity contribution in [1.82, 2.24) is 14.8 Å². The molecule has 2 aromatic rings. The molecule has 2 amide bonds. The molecule has 1 aliphatic carbocycles. The molecule has 7 heteroatoms. The van der Waals surface area contributed by atoms with Gasteiger partial charge in [0.15, 0.2) is 0 Å². The average Bonchev–Trinajstić information content (AvgIpc) is 3.48. The number of rotatable bonds is 6. The van der Waals surface area contributed by atoms with E-state index in [1.165, 1.54) is 5.56 Å². The minimum atomic E-state index is -0.460. The Morgan fingerprint density at radius 3 is 2.28 bits per heavy atom. The van der Waals surface area contributed by atoms with E-state index in [0.717, 1.165) is 57.8 Å². The predicted octanol–water partition coefficient (Wildman–Crippen LogP) is 4.07. The van der Waals surface area contributed by atoms with Crippen molar-refractivity contribution in [2.24, 2.45) is 0 Å². The standard InChI is InChI=1S/C29H37N3O4/c33-26-24(27(34)30-21-29(13-17-36-18-14-29)22-9-3-1-4-10-22)19-32(23-11-5-6-12-23)20-25(26)28(35)31-15-7-2-8-16-31/h1,3-4,9-10,19-20,23H,2,5-8,11-18,21H2,(H,30,34). The number of carbonyl (C=O) groups is 2. The lowest BCUT2D eigenvalue weighted by molar-refractivity contribution is 0.0487. The van der Waals surface area contributed by atoms with Crippen molar-refractivity contribution in [2.45, 2.75) is 69.2 Å². The smallest absolute Gasteiger partial charge is 0.259 e. The van der Waals surface area contributed by atoms with E-state index >= 15 is 0 Å². The van der Waals surface area contributed by atoms with E-state index in [2.05, 4.69) is 17.4 Å². The molecule has 0 radical (unpaired) electrons. The summed E-state index contributed by atoms with van der Waals surface area (Å²) in [7, 11) is 0. The largest absolute Gasteiger partial charge is 0.381 e. The van der Waals surface area contributed by atoms with Gasteiger partial charge in [-0.25, -0.2) is 0 Å². The molecule has 3 heterocycles. The van der Waals surface area contributed by atoms with Gasteiger partial charge >= 0.3 is 0 Å². The number of benzene rings is 1. The molecule has 1 aromatic carbocycles. The topological polar surface area (TPSA) is 80.6 Å². The van der Waals surface area contributed by atoms with E-state index in [9.17, 15) is 14.4 Å². The van der Waals surface area contributed by atoms with E-state index in [4.69, 9.17) is 4.74 Å². The van der Waals surface area contributed by atoms with E-state index in [1.54, 1.807) is 17.3 Å². The van der Waals surface area contributed by atoms with Crippen LogP contribution in [0.1, 0.15) is 90.1 Å². The first kappa shape index (κ1) is 24.8. The Morgan fingerprint density at radius 2 is 1.58 bits per heavy atom. The number of pyridine rings is 1. The molecule has 5 rings (SSSR count). The van der Waals surface area contributed by atoms with Gasteiger partial charge in [-0.15, -0.1) is 0 Å². The second-order valence-corrected chi connectivity index (χ2v) is 10.6. The van der Waals surface area contributed by atoms with Crippen molar-refractivity contribution in [3.63, 3.8) is 0 Å². The third kappa shape index (κ3) is 5.12. The first-order valence-electron chi connectivity index (χ1n) is 13.5. The van der Waals surface area contributed by atoms with Gasteiger partial charge in [0.05, 0.1) is 0 Å². The summed E-state index contributed by atoms with van der Waals surface area (Å²) in [5, 5.41) is 3.08. The molecule has 2 aliphatic heterocycles. The Morgan fingerprint density at radius 1 is 0.917 bits per heavy atom. The number of likely N-dealkylation sites (tertiary alicyclic amines) is 1. The van der Waals surface area contributed by atoms with E-state index < -0.39 is 11.3 Å². The monoisotopic (exact) mass is 491 g/mol. The van der Waals surface area contributed by atoms with Crippen LogP contribution in [0, 0.1) is 0 Å². The summed E-state index contributed by atoms with van der Waals surface area (Å²) in [4.78, 5) is 42.2. The molecule has 0 bridgehead atoms.